The highest BCUT2D eigenvalue weighted by Crippen LogP contribution is 2.17. The number of rotatable bonds is 6. The minimum absolute atomic E-state index is 0.0386. The van der Waals surface area contributed by atoms with E-state index in [1.54, 1.807) is 0 Å². The van der Waals surface area contributed by atoms with Crippen LogP contribution in [-0.2, 0) is 4.74 Å². The second kappa shape index (κ2) is 5.59. The molecule has 0 aromatic rings. The van der Waals surface area contributed by atoms with Crippen LogP contribution in [0.4, 0.5) is 0 Å². The molecule has 0 aliphatic rings. The maximum atomic E-state index is 5.46. The first kappa shape index (κ1) is 11.0. The zero-order chi connectivity index (χ0) is 8.74. The molecule has 0 saturated heterocycles. The molecular weight excluding hydrogens is 136 g/mol. The summed E-state index contributed by atoms with van der Waals surface area (Å²) in [6, 6.07) is 0. The summed E-state index contributed by atoms with van der Waals surface area (Å²) in [5.74, 6) is 0. The lowest BCUT2D eigenvalue weighted by Gasteiger charge is -2.24. The lowest BCUT2D eigenvalue weighted by atomic mass is 10.0. The Morgan fingerprint density at radius 1 is 1.27 bits per heavy atom. The van der Waals surface area contributed by atoms with Crippen LogP contribution in [0.1, 0.15) is 46.5 Å². The number of hydrogen-bond acceptors (Lipinski definition) is 1. The van der Waals surface area contributed by atoms with E-state index in [0.29, 0.717) is 6.61 Å². The number of unbranched alkanes of at least 4 members (excludes halogenated alkanes) is 2. The first-order valence-electron chi connectivity index (χ1n) is 4.55. The molecule has 1 heteroatoms. The third-order valence-corrected chi connectivity index (χ3v) is 1.88. The molecule has 0 aliphatic heterocycles. The SMILES string of the molecule is [CH2]COC(C)(C)CCCCC. The summed E-state index contributed by atoms with van der Waals surface area (Å²) in [6.07, 6.45) is 5.00. The Bertz CT molecular complexity index is 86.9. The van der Waals surface area contributed by atoms with Crippen molar-refractivity contribution in [1.29, 1.82) is 0 Å². The first-order valence-corrected chi connectivity index (χ1v) is 4.55. The predicted octanol–water partition coefficient (Wildman–Crippen LogP) is 3.20. The van der Waals surface area contributed by atoms with Gasteiger partial charge in [-0.05, 0) is 27.2 Å². The molecule has 0 rings (SSSR count). The molecule has 1 radical (unpaired) electrons. The van der Waals surface area contributed by atoms with Gasteiger partial charge in [0, 0.05) is 6.61 Å². The molecule has 1 nitrogen and oxygen atoms in total. The molecular formula is C10H21O. The summed E-state index contributed by atoms with van der Waals surface area (Å²) in [6.45, 7) is 10.7. The summed E-state index contributed by atoms with van der Waals surface area (Å²) in [5, 5.41) is 0. The van der Waals surface area contributed by atoms with Gasteiger partial charge in [0.05, 0.1) is 5.60 Å². The minimum atomic E-state index is 0.0386. The molecule has 0 N–H and O–H groups in total. The molecule has 0 saturated carbocycles. The van der Waals surface area contributed by atoms with Crippen LogP contribution < -0.4 is 0 Å². The number of ether oxygens (including phenoxy) is 1. The van der Waals surface area contributed by atoms with Gasteiger partial charge in [-0.3, -0.25) is 0 Å². The Labute approximate surface area is 71.1 Å². The lowest BCUT2D eigenvalue weighted by molar-refractivity contribution is -0.00982. The monoisotopic (exact) mass is 157 g/mol. The van der Waals surface area contributed by atoms with Crippen molar-refractivity contribution < 1.29 is 4.74 Å². The summed E-state index contributed by atoms with van der Waals surface area (Å²) >= 11 is 0. The fourth-order valence-corrected chi connectivity index (χ4v) is 1.15. The van der Waals surface area contributed by atoms with Crippen molar-refractivity contribution >= 4 is 0 Å². The molecule has 0 aromatic carbocycles. The molecule has 0 unspecified atom stereocenters. The molecule has 0 aromatic heterocycles. The van der Waals surface area contributed by atoms with E-state index >= 15 is 0 Å². The third kappa shape index (κ3) is 6.36. The van der Waals surface area contributed by atoms with Gasteiger partial charge in [-0.25, -0.2) is 0 Å². The Morgan fingerprint density at radius 2 is 1.91 bits per heavy atom. The van der Waals surface area contributed by atoms with E-state index < -0.39 is 0 Å². The zero-order valence-electron chi connectivity index (χ0n) is 8.15. The van der Waals surface area contributed by atoms with E-state index in [-0.39, 0.29) is 5.60 Å². The Kier molecular flexibility index (Phi) is 5.57. The van der Waals surface area contributed by atoms with Crippen LogP contribution in [0.2, 0.25) is 0 Å². The largest absolute Gasteiger partial charge is 0.376 e. The van der Waals surface area contributed by atoms with Crippen LogP contribution in [0.3, 0.4) is 0 Å². The van der Waals surface area contributed by atoms with Gasteiger partial charge < -0.3 is 4.74 Å². The summed E-state index contributed by atoms with van der Waals surface area (Å²) in [5.41, 5.74) is 0.0386. The highest BCUT2D eigenvalue weighted by Gasteiger charge is 2.15. The van der Waals surface area contributed by atoms with E-state index in [2.05, 4.69) is 27.7 Å². The van der Waals surface area contributed by atoms with Gasteiger partial charge in [-0.2, -0.15) is 0 Å². The van der Waals surface area contributed by atoms with E-state index in [1.807, 2.05) is 0 Å². The first-order chi connectivity index (χ1) is 5.12. The van der Waals surface area contributed by atoms with E-state index in [0.717, 1.165) is 6.42 Å². The highest BCUT2D eigenvalue weighted by molar-refractivity contribution is 4.68. The maximum absolute atomic E-state index is 5.46. The average Bonchev–Trinajstić information content (AvgIpc) is 1.87. The van der Waals surface area contributed by atoms with Crippen molar-refractivity contribution in [2.45, 2.75) is 52.1 Å². The quantitative estimate of drug-likeness (QED) is 0.538. The van der Waals surface area contributed by atoms with Gasteiger partial charge in [0.1, 0.15) is 0 Å². The summed E-state index contributed by atoms with van der Waals surface area (Å²) in [7, 11) is 0. The van der Waals surface area contributed by atoms with Crippen molar-refractivity contribution in [2.24, 2.45) is 0 Å². The maximum Gasteiger partial charge on any atom is 0.0626 e. The van der Waals surface area contributed by atoms with Crippen LogP contribution in [0, 0.1) is 6.92 Å². The van der Waals surface area contributed by atoms with Crippen LogP contribution in [-0.4, -0.2) is 12.2 Å². The van der Waals surface area contributed by atoms with E-state index in [4.69, 9.17) is 4.74 Å². The number of hydrogen-bond donors (Lipinski definition) is 0. The normalized spacial score (nSPS) is 12.0. The highest BCUT2D eigenvalue weighted by atomic mass is 16.5. The van der Waals surface area contributed by atoms with Gasteiger partial charge >= 0.3 is 0 Å². The van der Waals surface area contributed by atoms with E-state index in [1.165, 1.54) is 19.3 Å². The third-order valence-electron chi connectivity index (χ3n) is 1.88. The average molecular weight is 157 g/mol. The van der Waals surface area contributed by atoms with Gasteiger partial charge in [-0.1, -0.05) is 26.2 Å². The van der Waals surface area contributed by atoms with Crippen LogP contribution in [0.25, 0.3) is 0 Å². The fourth-order valence-electron chi connectivity index (χ4n) is 1.15. The van der Waals surface area contributed by atoms with Crippen LogP contribution in [0.15, 0.2) is 0 Å². The van der Waals surface area contributed by atoms with Crippen molar-refractivity contribution in [3.8, 4) is 0 Å². The van der Waals surface area contributed by atoms with E-state index in [9.17, 15) is 0 Å². The van der Waals surface area contributed by atoms with Crippen molar-refractivity contribution in [3.05, 3.63) is 6.92 Å². The Balaban J connectivity index is 3.38. The molecule has 67 valence electrons. The standard InChI is InChI=1S/C10H21O/c1-5-7-8-9-10(3,4)11-6-2/h2,5-9H2,1,3-4H3. The molecule has 0 bridgehead atoms. The molecule has 0 fully saturated rings. The van der Waals surface area contributed by atoms with Gasteiger partial charge in [-0.15, -0.1) is 0 Å². The van der Waals surface area contributed by atoms with Gasteiger partial charge in [0.15, 0.2) is 0 Å². The van der Waals surface area contributed by atoms with Crippen LogP contribution in [0.5, 0.6) is 0 Å². The van der Waals surface area contributed by atoms with Crippen LogP contribution >= 0.6 is 0 Å². The summed E-state index contributed by atoms with van der Waals surface area (Å²) < 4.78 is 5.46. The zero-order valence-corrected chi connectivity index (χ0v) is 8.15. The fraction of sp³-hybridized carbons (Fsp3) is 0.900. The molecule has 0 heterocycles. The molecule has 0 atom stereocenters. The van der Waals surface area contributed by atoms with Crippen molar-refractivity contribution in [3.63, 3.8) is 0 Å². The second-order valence-corrected chi connectivity index (χ2v) is 3.57. The Hall–Kier alpha value is -0.0400. The van der Waals surface area contributed by atoms with Crippen molar-refractivity contribution in [1.82, 2.24) is 0 Å². The predicted molar refractivity (Wildman–Crippen MR) is 49.5 cm³/mol. The second-order valence-electron chi connectivity index (χ2n) is 3.57. The molecule has 11 heavy (non-hydrogen) atoms. The molecule has 0 aliphatic carbocycles. The lowest BCUT2D eigenvalue weighted by Crippen LogP contribution is -2.24. The topological polar surface area (TPSA) is 9.23 Å². The summed E-state index contributed by atoms with van der Waals surface area (Å²) in [4.78, 5) is 0. The minimum Gasteiger partial charge on any atom is -0.376 e. The Morgan fingerprint density at radius 3 is 2.36 bits per heavy atom. The smallest absolute Gasteiger partial charge is 0.0626 e. The molecule has 0 spiro atoms. The van der Waals surface area contributed by atoms with Gasteiger partial charge in [0.25, 0.3) is 0 Å². The molecule has 0 amide bonds. The van der Waals surface area contributed by atoms with Gasteiger partial charge in [0.2, 0.25) is 0 Å². The van der Waals surface area contributed by atoms with Crippen molar-refractivity contribution in [2.75, 3.05) is 6.61 Å².